The second-order valence-electron chi connectivity index (χ2n) is 8.53. The SMILES string of the molecule is CC1CC(=O)N(C)c2ccc(CCN3CCN(c4noc5ccccc45)CC3)cc21. The minimum Gasteiger partial charge on any atom is -0.354 e. The number of rotatable bonds is 4. The third kappa shape index (κ3) is 3.45. The standard InChI is InChI=1S/C24H28N4O2/c1-17-15-23(29)26(2)21-8-7-18(16-20(17)21)9-10-27-11-13-28(14-12-27)24-19-5-3-4-6-22(19)30-25-24/h3-8,16-17H,9-15H2,1-2H3. The van der Waals surface area contributed by atoms with Gasteiger partial charge in [-0.1, -0.05) is 36.3 Å². The largest absolute Gasteiger partial charge is 0.354 e. The fourth-order valence-corrected chi connectivity index (χ4v) is 4.67. The van der Waals surface area contributed by atoms with Crippen LogP contribution in [0.4, 0.5) is 11.5 Å². The lowest BCUT2D eigenvalue weighted by Crippen LogP contribution is -2.47. The molecule has 2 aromatic carbocycles. The number of amides is 1. The summed E-state index contributed by atoms with van der Waals surface area (Å²) >= 11 is 0. The number of piperazine rings is 1. The molecule has 2 aliphatic rings. The Morgan fingerprint density at radius 1 is 1.10 bits per heavy atom. The van der Waals surface area contributed by atoms with Gasteiger partial charge in [0.05, 0.1) is 5.39 Å². The molecule has 0 N–H and O–H groups in total. The van der Waals surface area contributed by atoms with Crippen molar-refractivity contribution in [2.24, 2.45) is 0 Å². The molecule has 6 nitrogen and oxygen atoms in total. The lowest BCUT2D eigenvalue weighted by Gasteiger charge is -2.35. The van der Waals surface area contributed by atoms with Crippen LogP contribution in [0.25, 0.3) is 11.0 Å². The number of nitrogens with zero attached hydrogens (tertiary/aromatic N) is 4. The molecule has 2 aliphatic heterocycles. The molecule has 3 aromatic rings. The second-order valence-corrected chi connectivity index (χ2v) is 8.53. The Labute approximate surface area is 177 Å². The molecular formula is C24H28N4O2. The molecular weight excluding hydrogens is 376 g/mol. The molecule has 1 saturated heterocycles. The van der Waals surface area contributed by atoms with E-state index in [9.17, 15) is 4.79 Å². The van der Waals surface area contributed by atoms with Gasteiger partial charge in [0.15, 0.2) is 11.4 Å². The Bertz CT molecular complexity index is 1070. The molecule has 6 heteroatoms. The minimum atomic E-state index is 0.209. The first-order valence-corrected chi connectivity index (χ1v) is 10.8. The van der Waals surface area contributed by atoms with Gasteiger partial charge in [0.25, 0.3) is 0 Å². The van der Waals surface area contributed by atoms with E-state index in [1.54, 1.807) is 4.90 Å². The molecule has 1 aromatic heterocycles. The number of carbonyl (C=O) groups excluding carboxylic acids is 1. The number of hydrogen-bond acceptors (Lipinski definition) is 5. The summed E-state index contributed by atoms with van der Waals surface area (Å²) in [5.74, 6) is 1.47. The van der Waals surface area contributed by atoms with Gasteiger partial charge < -0.3 is 14.3 Å². The van der Waals surface area contributed by atoms with E-state index in [1.165, 1.54) is 11.1 Å². The van der Waals surface area contributed by atoms with E-state index in [0.29, 0.717) is 12.3 Å². The summed E-state index contributed by atoms with van der Waals surface area (Å²) < 4.78 is 5.47. The Kier molecular flexibility index (Phi) is 4.95. The van der Waals surface area contributed by atoms with Crippen molar-refractivity contribution < 1.29 is 9.32 Å². The number of fused-ring (bicyclic) bond motifs is 2. The summed E-state index contributed by atoms with van der Waals surface area (Å²) in [5, 5.41) is 5.40. The van der Waals surface area contributed by atoms with Gasteiger partial charge in [-0.05, 0) is 41.7 Å². The van der Waals surface area contributed by atoms with Crippen LogP contribution in [0.3, 0.4) is 0 Å². The van der Waals surface area contributed by atoms with E-state index in [0.717, 1.165) is 61.6 Å². The fraction of sp³-hybridized carbons (Fsp3) is 0.417. The highest BCUT2D eigenvalue weighted by Crippen LogP contribution is 2.35. The Balaban J connectivity index is 1.20. The number of anilines is 2. The maximum Gasteiger partial charge on any atom is 0.227 e. The van der Waals surface area contributed by atoms with Crippen LogP contribution < -0.4 is 9.80 Å². The zero-order valence-electron chi connectivity index (χ0n) is 17.7. The Hall–Kier alpha value is -2.86. The third-order valence-corrected chi connectivity index (χ3v) is 6.59. The molecule has 1 atom stereocenters. The Morgan fingerprint density at radius 3 is 2.73 bits per heavy atom. The van der Waals surface area contributed by atoms with Crippen molar-refractivity contribution in [2.45, 2.75) is 25.7 Å². The van der Waals surface area contributed by atoms with Crippen molar-refractivity contribution in [1.29, 1.82) is 0 Å². The van der Waals surface area contributed by atoms with E-state index < -0.39 is 0 Å². The average Bonchev–Trinajstić information content (AvgIpc) is 3.21. The summed E-state index contributed by atoms with van der Waals surface area (Å²) in [5.41, 5.74) is 4.57. The first-order valence-electron chi connectivity index (χ1n) is 10.8. The number of aromatic nitrogens is 1. The summed E-state index contributed by atoms with van der Waals surface area (Å²) in [7, 11) is 1.88. The van der Waals surface area contributed by atoms with Crippen molar-refractivity contribution in [3.8, 4) is 0 Å². The van der Waals surface area contributed by atoms with Gasteiger partial charge in [-0.25, -0.2) is 0 Å². The highest BCUT2D eigenvalue weighted by molar-refractivity contribution is 5.96. The van der Waals surface area contributed by atoms with Gasteiger partial charge in [-0.3, -0.25) is 9.69 Å². The molecule has 1 amide bonds. The number of hydrogen-bond donors (Lipinski definition) is 0. The van der Waals surface area contributed by atoms with Gasteiger partial charge in [0, 0.05) is 51.9 Å². The van der Waals surface area contributed by atoms with Gasteiger partial charge in [-0.2, -0.15) is 0 Å². The normalized spacial score (nSPS) is 20.1. The summed E-state index contributed by atoms with van der Waals surface area (Å²) in [6.07, 6.45) is 1.64. The lowest BCUT2D eigenvalue weighted by atomic mass is 9.89. The lowest BCUT2D eigenvalue weighted by molar-refractivity contribution is -0.119. The van der Waals surface area contributed by atoms with Gasteiger partial charge in [0.2, 0.25) is 5.91 Å². The fourth-order valence-electron chi connectivity index (χ4n) is 4.67. The Morgan fingerprint density at radius 2 is 1.90 bits per heavy atom. The molecule has 30 heavy (non-hydrogen) atoms. The van der Waals surface area contributed by atoms with Crippen LogP contribution >= 0.6 is 0 Å². The molecule has 1 fully saturated rings. The van der Waals surface area contributed by atoms with Crippen LogP contribution in [0.1, 0.15) is 30.4 Å². The number of benzene rings is 2. The summed E-state index contributed by atoms with van der Waals surface area (Å²) in [6.45, 7) is 7.19. The molecule has 156 valence electrons. The molecule has 3 heterocycles. The molecule has 0 spiro atoms. The number of para-hydroxylation sites is 1. The third-order valence-electron chi connectivity index (χ3n) is 6.59. The molecule has 5 rings (SSSR count). The molecule has 0 bridgehead atoms. The van der Waals surface area contributed by atoms with Crippen molar-refractivity contribution in [3.05, 3.63) is 53.6 Å². The summed E-state index contributed by atoms with van der Waals surface area (Å²) in [4.78, 5) is 18.7. The second kappa shape index (κ2) is 7.76. The first kappa shape index (κ1) is 19.1. The quantitative estimate of drug-likeness (QED) is 0.664. The van der Waals surface area contributed by atoms with Gasteiger partial charge in [-0.15, -0.1) is 0 Å². The van der Waals surface area contributed by atoms with Crippen LogP contribution in [0.2, 0.25) is 0 Å². The van der Waals surface area contributed by atoms with Gasteiger partial charge in [0.1, 0.15) is 0 Å². The molecule has 0 radical (unpaired) electrons. The predicted molar refractivity (Wildman–Crippen MR) is 119 cm³/mol. The van der Waals surface area contributed by atoms with E-state index in [4.69, 9.17) is 4.52 Å². The predicted octanol–water partition coefficient (Wildman–Crippen LogP) is 3.66. The van der Waals surface area contributed by atoms with E-state index >= 15 is 0 Å². The van der Waals surface area contributed by atoms with E-state index in [-0.39, 0.29) is 5.91 Å². The highest BCUT2D eigenvalue weighted by Gasteiger charge is 2.26. The van der Waals surface area contributed by atoms with E-state index in [1.807, 2.05) is 25.2 Å². The first-order chi connectivity index (χ1) is 14.6. The van der Waals surface area contributed by atoms with Crippen molar-refractivity contribution in [1.82, 2.24) is 10.1 Å². The maximum absolute atomic E-state index is 12.1. The van der Waals surface area contributed by atoms with Crippen molar-refractivity contribution in [2.75, 3.05) is 49.6 Å². The average molecular weight is 405 g/mol. The topological polar surface area (TPSA) is 52.8 Å². The molecule has 0 aliphatic carbocycles. The van der Waals surface area contributed by atoms with Crippen LogP contribution in [0, 0.1) is 0 Å². The molecule has 0 saturated carbocycles. The monoisotopic (exact) mass is 404 g/mol. The van der Waals surface area contributed by atoms with Crippen LogP contribution in [-0.2, 0) is 11.2 Å². The van der Waals surface area contributed by atoms with Crippen LogP contribution in [0.15, 0.2) is 47.0 Å². The number of carbonyl (C=O) groups is 1. The summed E-state index contributed by atoms with van der Waals surface area (Å²) in [6, 6.07) is 14.7. The highest BCUT2D eigenvalue weighted by atomic mass is 16.5. The smallest absolute Gasteiger partial charge is 0.227 e. The van der Waals surface area contributed by atoms with Gasteiger partial charge >= 0.3 is 0 Å². The van der Waals surface area contributed by atoms with Crippen LogP contribution in [-0.4, -0.2) is 55.7 Å². The maximum atomic E-state index is 12.1. The van der Waals surface area contributed by atoms with Crippen molar-refractivity contribution >= 4 is 28.4 Å². The van der Waals surface area contributed by atoms with Crippen LogP contribution in [0.5, 0.6) is 0 Å². The van der Waals surface area contributed by atoms with Crippen molar-refractivity contribution in [3.63, 3.8) is 0 Å². The minimum absolute atomic E-state index is 0.209. The zero-order valence-corrected chi connectivity index (χ0v) is 17.7. The molecule has 1 unspecified atom stereocenters. The van der Waals surface area contributed by atoms with E-state index in [2.05, 4.69) is 46.1 Å². The zero-order chi connectivity index (χ0) is 20.7.